The second-order valence-corrected chi connectivity index (χ2v) is 8.72. The molecule has 0 aromatic heterocycles. The van der Waals surface area contributed by atoms with Gasteiger partial charge >= 0.3 is 0 Å². The smallest absolute Gasteiger partial charge is 0.255 e. The number of hydrogen-bond acceptors (Lipinski definition) is 5. The largest absolute Gasteiger partial charge is 0.494 e. The quantitative estimate of drug-likeness (QED) is 0.474. The molecular weight excluding hydrogens is 464 g/mol. The first-order chi connectivity index (χ1) is 17.0. The Kier molecular flexibility index (Phi) is 8.23. The van der Waals surface area contributed by atoms with E-state index in [0.29, 0.717) is 30.1 Å². The Morgan fingerprint density at radius 2 is 1.54 bits per heavy atom. The topological polar surface area (TPSA) is 73.9 Å². The van der Waals surface area contributed by atoms with E-state index in [0.717, 1.165) is 42.6 Å². The third-order valence-electron chi connectivity index (χ3n) is 5.77. The third-order valence-corrected chi connectivity index (χ3v) is 6.00. The van der Waals surface area contributed by atoms with E-state index in [1.54, 1.807) is 36.4 Å². The summed E-state index contributed by atoms with van der Waals surface area (Å²) in [5.41, 5.74) is 2.96. The lowest BCUT2D eigenvalue weighted by atomic mass is 10.2. The van der Waals surface area contributed by atoms with Crippen LogP contribution in [0, 0.1) is 0 Å². The summed E-state index contributed by atoms with van der Waals surface area (Å²) in [5, 5.41) is 6.50. The number of benzene rings is 3. The number of nitrogens with zero attached hydrogens (tertiary/aromatic N) is 2. The van der Waals surface area contributed by atoms with Gasteiger partial charge in [-0.1, -0.05) is 17.7 Å². The summed E-state index contributed by atoms with van der Waals surface area (Å²) in [6, 6.07) is 21.9. The van der Waals surface area contributed by atoms with Crippen LogP contribution < -0.4 is 20.3 Å². The second-order valence-electron chi connectivity index (χ2n) is 8.28. The van der Waals surface area contributed by atoms with Crippen molar-refractivity contribution < 1.29 is 14.3 Å². The highest BCUT2D eigenvalue weighted by Gasteiger charge is 2.19. The van der Waals surface area contributed by atoms with Crippen molar-refractivity contribution in [3.8, 4) is 5.75 Å². The van der Waals surface area contributed by atoms with E-state index in [1.165, 1.54) is 0 Å². The maximum absolute atomic E-state index is 12.5. The van der Waals surface area contributed by atoms with Gasteiger partial charge in [-0.05, 0) is 73.7 Å². The maximum Gasteiger partial charge on any atom is 0.255 e. The minimum Gasteiger partial charge on any atom is -0.494 e. The van der Waals surface area contributed by atoms with E-state index in [4.69, 9.17) is 16.3 Å². The molecule has 0 atom stereocenters. The molecule has 4 rings (SSSR count). The Balaban J connectivity index is 1.23. The lowest BCUT2D eigenvalue weighted by Crippen LogP contribution is -2.48. The van der Waals surface area contributed by atoms with Gasteiger partial charge in [-0.25, -0.2) is 0 Å². The van der Waals surface area contributed by atoms with Crippen LogP contribution in [-0.2, 0) is 4.79 Å². The van der Waals surface area contributed by atoms with Gasteiger partial charge in [0.15, 0.2) is 0 Å². The zero-order chi connectivity index (χ0) is 24.6. The summed E-state index contributed by atoms with van der Waals surface area (Å²) in [6.07, 6.45) is 0. The molecule has 0 spiro atoms. The maximum atomic E-state index is 12.5. The molecular formula is C27H29ClN4O3. The number of carbonyl (C=O) groups is 2. The van der Waals surface area contributed by atoms with Crippen LogP contribution in [0.15, 0.2) is 72.8 Å². The van der Waals surface area contributed by atoms with Crippen LogP contribution in [0.3, 0.4) is 0 Å². The molecule has 0 bridgehead atoms. The number of halogens is 1. The van der Waals surface area contributed by atoms with Crippen LogP contribution in [0.5, 0.6) is 5.75 Å². The molecule has 0 saturated carbocycles. The van der Waals surface area contributed by atoms with Crippen molar-refractivity contribution in [2.45, 2.75) is 6.92 Å². The highest BCUT2D eigenvalue weighted by Crippen LogP contribution is 2.21. The summed E-state index contributed by atoms with van der Waals surface area (Å²) in [7, 11) is 0. The lowest BCUT2D eigenvalue weighted by Gasteiger charge is -2.35. The van der Waals surface area contributed by atoms with Gasteiger partial charge in [0, 0.05) is 53.8 Å². The molecule has 2 N–H and O–H groups in total. The molecule has 2 amide bonds. The van der Waals surface area contributed by atoms with Crippen LogP contribution in [0.2, 0.25) is 5.02 Å². The highest BCUT2D eigenvalue weighted by atomic mass is 35.5. The van der Waals surface area contributed by atoms with Crippen molar-refractivity contribution in [3.05, 3.63) is 83.4 Å². The van der Waals surface area contributed by atoms with Crippen molar-refractivity contribution in [1.29, 1.82) is 0 Å². The standard InChI is InChI=1S/C27H29ClN4O3/c1-2-35-25-12-10-23(11-13-25)30-27(34)20-6-8-22(9-7-20)29-26(33)19-31-14-16-32(17-15-31)24-5-3-4-21(28)18-24/h3-13,18H,2,14-17,19H2,1H3,(H,29,33)(H,30,34). The summed E-state index contributed by atoms with van der Waals surface area (Å²) in [5.74, 6) is 0.464. The van der Waals surface area contributed by atoms with Gasteiger partial charge in [-0.2, -0.15) is 0 Å². The van der Waals surface area contributed by atoms with Crippen molar-refractivity contribution >= 4 is 40.5 Å². The molecule has 35 heavy (non-hydrogen) atoms. The average molecular weight is 493 g/mol. The SMILES string of the molecule is CCOc1ccc(NC(=O)c2ccc(NC(=O)CN3CCN(c4cccc(Cl)c4)CC3)cc2)cc1. The first-order valence-electron chi connectivity index (χ1n) is 11.7. The molecule has 1 heterocycles. The van der Waals surface area contributed by atoms with Crippen LogP contribution in [-0.4, -0.2) is 56.0 Å². The number of piperazine rings is 1. The predicted molar refractivity (Wildman–Crippen MR) is 141 cm³/mol. The predicted octanol–water partition coefficient (Wildman–Crippen LogP) is 4.75. The van der Waals surface area contributed by atoms with E-state index >= 15 is 0 Å². The molecule has 0 radical (unpaired) electrons. The molecule has 182 valence electrons. The van der Waals surface area contributed by atoms with Crippen LogP contribution in [0.25, 0.3) is 0 Å². The zero-order valence-corrected chi connectivity index (χ0v) is 20.4. The van der Waals surface area contributed by atoms with E-state index in [9.17, 15) is 9.59 Å². The second kappa shape index (κ2) is 11.7. The van der Waals surface area contributed by atoms with Crippen LogP contribution in [0.4, 0.5) is 17.1 Å². The number of nitrogens with one attached hydrogen (secondary N) is 2. The Bertz CT molecular complexity index is 1140. The average Bonchev–Trinajstić information content (AvgIpc) is 2.86. The fraction of sp³-hybridized carbons (Fsp3) is 0.259. The monoisotopic (exact) mass is 492 g/mol. The van der Waals surface area contributed by atoms with Crippen molar-refractivity contribution in [2.24, 2.45) is 0 Å². The molecule has 1 aliphatic heterocycles. The molecule has 0 unspecified atom stereocenters. The van der Waals surface area contributed by atoms with Gasteiger partial charge in [0.2, 0.25) is 5.91 Å². The molecule has 0 aliphatic carbocycles. The van der Waals surface area contributed by atoms with Crippen molar-refractivity contribution in [1.82, 2.24) is 4.90 Å². The minimum atomic E-state index is -0.218. The third kappa shape index (κ3) is 6.97. The van der Waals surface area contributed by atoms with E-state index < -0.39 is 0 Å². The first-order valence-corrected chi connectivity index (χ1v) is 12.0. The summed E-state index contributed by atoms with van der Waals surface area (Å²) in [4.78, 5) is 29.5. The first kappa shape index (κ1) is 24.6. The van der Waals surface area contributed by atoms with Crippen LogP contribution >= 0.6 is 11.6 Å². The fourth-order valence-electron chi connectivity index (χ4n) is 3.95. The van der Waals surface area contributed by atoms with Gasteiger partial charge in [0.1, 0.15) is 5.75 Å². The molecule has 3 aromatic rings. The van der Waals surface area contributed by atoms with Gasteiger partial charge in [0.05, 0.1) is 13.2 Å². The summed E-state index contributed by atoms with van der Waals surface area (Å²) < 4.78 is 5.41. The molecule has 1 saturated heterocycles. The lowest BCUT2D eigenvalue weighted by molar-refractivity contribution is -0.117. The minimum absolute atomic E-state index is 0.0761. The molecule has 1 aliphatic rings. The molecule has 1 fully saturated rings. The normalized spacial score (nSPS) is 13.8. The van der Waals surface area contributed by atoms with Gasteiger partial charge in [-0.3, -0.25) is 14.5 Å². The van der Waals surface area contributed by atoms with Gasteiger partial charge in [-0.15, -0.1) is 0 Å². The van der Waals surface area contributed by atoms with E-state index in [1.807, 2.05) is 37.3 Å². The van der Waals surface area contributed by atoms with Gasteiger partial charge in [0.25, 0.3) is 5.91 Å². The fourth-order valence-corrected chi connectivity index (χ4v) is 4.13. The summed E-state index contributed by atoms with van der Waals surface area (Å²) >= 11 is 6.10. The summed E-state index contributed by atoms with van der Waals surface area (Å²) in [6.45, 7) is 6.11. The van der Waals surface area contributed by atoms with Gasteiger partial charge < -0.3 is 20.3 Å². The number of rotatable bonds is 8. The number of anilines is 3. The number of hydrogen-bond donors (Lipinski definition) is 2. The highest BCUT2D eigenvalue weighted by molar-refractivity contribution is 6.30. The Morgan fingerprint density at radius 3 is 2.20 bits per heavy atom. The van der Waals surface area contributed by atoms with Crippen LogP contribution in [0.1, 0.15) is 17.3 Å². The molecule has 3 aromatic carbocycles. The van der Waals surface area contributed by atoms with E-state index in [2.05, 4.69) is 26.5 Å². The van der Waals surface area contributed by atoms with E-state index in [-0.39, 0.29) is 11.8 Å². The number of amides is 2. The number of ether oxygens (including phenoxy) is 1. The zero-order valence-electron chi connectivity index (χ0n) is 19.7. The Morgan fingerprint density at radius 1 is 0.886 bits per heavy atom. The molecule has 7 nitrogen and oxygen atoms in total. The van der Waals surface area contributed by atoms with Crippen molar-refractivity contribution in [3.63, 3.8) is 0 Å². The Hall–Kier alpha value is -3.55. The Labute approximate surface area is 210 Å². The van der Waals surface area contributed by atoms with Crippen molar-refractivity contribution in [2.75, 3.05) is 54.9 Å². The number of carbonyl (C=O) groups excluding carboxylic acids is 2. The molecule has 8 heteroatoms.